The standard InChI is InChI=1S/C29H21ClN2O5/c1-3-12-34-19-7-4-17(5-8-19)26-21-10-9-20(14-25(21)37-28(32)23(26)15-31)35-29(33)27-16(2)22-13-18(30)6-11-24(22)36-27/h3-11,13-14,26H,1,12,32H2,2H3. The van der Waals surface area contributed by atoms with Crippen LogP contribution in [0.15, 0.2) is 89.2 Å². The maximum Gasteiger partial charge on any atom is 0.379 e. The van der Waals surface area contributed by atoms with Crippen molar-refractivity contribution in [1.82, 2.24) is 0 Å². The van der Waals surface area contributed by atoms with Crippen LogP contribution in [0.2, 0.25) is 5.02 Å². The number of allylic oxidation sites excluding steroid dienone is 1. The molecule has 0 spiro atoms. The third-order valence-corrected chi connectivity index (χ3v) is 6.30. The van der Waals surface area contributed by atoms with Gasteiger partial charge >= 0.3 is 5.97 Å². The van der Waals surface area contributed by atoms with E-state index in [0.717, 1.165) is 10.9 Å². The number of carbonyl (C=O) groups is 1. The van der Waals surface area contributed by atoms with Crippen LogP contribution < -0.4 is 19.9 Å². The number of halogens is 1. The summed E-state index contributed by atoms with van der Waals surface area (Å²) in [5, 5.41) is 11.1. The molecule has 0 saturated carbocycles. The number of esters is 1. The van der Waals surface area contributed by atoms with Crippen LogP contribution in [0.3, 0.4) is 0 Å². The van der Waals surface area contributed by atoms with Crippen molar-refractivity contribution >= 4 is 28.5 Å². The van der Waals surface area contributed by atoms with Crippen molar-refractivity contribution in [2.45, 2.75) is 12.8 Å². The first-order chi connectivity index (χ1) is 17.9. The molecule has 8 heteroatoms. The van der Waals surface area contributed by atoms with Gasteiger partial charge in [-0.15, -0.1) is 0 Å². The molecule has 4 aromatic rings. The Labute approximate surface area is 217 Å². The fourth-order valence-corrected chi connectivity index (χ4v) is 4.47. The van der Waals surface area contributed by atoms with Crippen LogP contribution in [0.25, 0.3) is 11.0 Å². The Balaban J connectivity index is 1.45. The molecule has 0 saturated heterocycles. The highest BCUT2D eigenvalue weighted by atomic mass is 35.5. The summed E-state index contributed by atoms with van der Waals surface area (Å²) >= 11 is 6.08. The van der Waals surface area contributed by atoms with Gasteiger partial charge in [-0.05, 0) is 48.9 Å². The minimum absolute atomic E-state index is 0.0135. The molecule has 1 aliphatic heterocycles. The van der Waals surface area contributed by atoms with E-state index in [2.05, 4.69) is 12.6 Å². The van der Waals surface area contributed by atoms with E-state index < -0.39 is 11.9 Å². The van der Waals surface area contributed by atoms with Gasteiger partial charge in [0, 0.05) is 27.6 Å². The lowest BCUT2D eigenvalue weighted by molar-refractivity contribution is 0.0702. The monoisotopic (exact) mass is 512 g/mol. The third kappa shape index (κ3) is 4.51. The first-order valence-corrected chi connectivity index (χ1v) is 11.7. The van der Waals surface area contributed by atoms with Gasteiger partial charge in [0.2, 0.25) is 11.6 Å². The van der Waals surface area contributed by atoms with E-state index in [-0.39, 0.29) is 23.0 Å². The molecule has 3 aromatic carbocycles. The Kier molecular flexibility index (Phi) is 6.34. The number of carbonyl (C=O) groups excluding carboxylic acids is 1. The molecule has 1 aromatic heterocycles. The molecule has 0 aliphatic carbocycles. The zero-order valence-corrected chi connectivity index (χ0v) is 20.5. The Hall–Kier alpha value is -4.67. The second-order valence-corrected chi connectivity index (χ2v) is 8.82. The maximum absolute atomic E-state index is 12.9. The van der Waals surface area contributed by atoms with E-state index in [9.17, 15) is 10.1 Å². The summed E-state index contributed by atoms with van der Waals surface area (Å²) in [6.45, 7) is 5.80. The van der Waals surface area contributed by atoms with E-state index in [1.54, 1.807) is 49.4 Å². The first kappa shape index (κ1) is 24.0. The van der Waals surface area contributed by atoms with Crippen LogP contribution >= 0.6 is 11.6 Å². The van der Waals surface area contributed by atoms with E-state index >= 15 is 0 Å². The zero-order chi connectivity index (χ0) is 26.1. The average Bonchev–Trinajstić information content (AvgIpc) is 3.22. The van der Waals surface area contributed by atoms with Crippen molar-refractivity contribution in [1.29, 1.82) is 5.26 Å². The van der Waals surface area contributed by atoms with Gasteiger partial charge in [-0.3, -0.25) is 0 Å². The summed E-state index contributed by atoms with van der Waals surface area (Å²) in [7, 11) is 0. The lowest BCUT2D eigenvalue weighted by atomic mass is 9.83. The average molecular weight is 513 g/mol. The molecule has 7 nitrogen and oxygen atoms in total. The molecule has 5 rings (SSSR count). The lowest BCUT2D eigenvalue weighted by Gasteiger charge is -2.26. The molecule has 37 heavy (non-hydrogen) atoms. The number of rotatable bonds is 6. The molecule has 0 fully saturated rings. The molecule has 1 aliphatic rings. The van der Waals surface area contributed by atoms with E-state index in [1.165, 1.54) is 0 Å². The van der Waals surface area contributed by atoms with Gasteiger partial charge in [0.25, 0.3) is 0 Å². The number of ether oxygens (including phenoxy) is 3. The second-order valence-electron chi connectivity index (χ2n) is 8.38. The topological polar surface area (TPSA) is 108 Å². The number of nitrogens with two attached hydrogens (primary N) is 1. The number of benzene rings is 3. The molecule has 0 radical (unpaired) electrons. The molecule has 1 unspecified atom stereocenters. The number of nitriles is 1. The minimum Gasteiger partial charge on any atom is -0.490 e. The quantitative estimate of drug-likeness (QED) is 0.181. The van der Waals surface area contributed by atoms with Gasteiger partial charge in [0.05, 0.1) is 5.92 Å². The highest BCUT2D eigenvalue weighted by Gasteiger charge is 2.31. The van der Waals surface area contributed by atoms with Crippen LogP contribution in [0.5, 0.6) is 17.2 Å². The number of hydrogen-bond donors (Lipinski definition) is 1. The Morgan fingerprint density at radius 3 is 2.65 bits per heavy atom. The van der Waals surface area contributed by atoms with Crippen LogP contribution in [0, 0.1) is 18.3 Å². The lowest BCUT2D eigenvalue weighted by Crippen LogP contribution is -2.21. The summed E-state index contributed by atoms with van der Waals surface area (Å²) < 4.78 is 22.6. The predicted molar refractivity (Wildman–Crippen MR) is 139 cm³/mol. The molecular weight excluding hydrogens is 492 g/mol. The van der Waals surface area contributed by atoms with Crippen molar-refractivity contribution in [3.63, 3.8) is 0 Å². The number of fused-ring (bicyclic) bond motifs is 2. The van der Waals surface area contributed by atoms with Gasteiger partial charge in [-0.1, -0.05) is 42.5 Å². The molecule has 2 heterocycles. The summed E-state index contributed by atoms with van der Waals surface area (Å²) in [5.41, 5.74) is 9.10. The third-order valence-electron chi connectivity index (χ3n) is 6.07. The smallest absolute Gasteiger partial charge is 0.379 e. The predicted octanol–water partition coefficient (Wildman–Crippen LogP) is 6.40. The van der Waals surface area contributed by atoms with Gasteiger partial charge in [-0.25, -0.2) is 4.79 Å². The van der Waals surface area contributed by atoms with Gasteiger partial charge in [0.1, 0.15) is 41.1 Å². The second kappa shape index (κ2) is 9.76. The van der Waals surface area contributed by atoms with Gasteiger partial charge in [0.15, 0.2) is 0 Å². The largest absolute Gasteiger partial charge is 0.490 e. The molecule has 2 N–H and O–H groups in total. The van der Waals surface area contributed by atoms with E-state index in [0.29, 0.717) is 39.8 Å². The Morgan fingerprint density at radius 1 is 1.16 bits per heavy atom. The van der Waals surface area contributed by atoms with Crippen molar-refractivity contribution in [3.05, 3.63) is 112 Å². The Bertz CT molecular complexity index is 1610. The molecule has 0 bridgehead atoms. The zero-order valence-electron chi connectivity index (χ0n) is 19.8. The van der Waals surface area contributed by atoms with Crippen molar-refractivity contribution < 1.29 is 23.4 Å². The minimum atomic E-state index is -0.659. The van der Waals surface area contributed by atoms with Crippen LogP contribution in [0.4, 0.5) is 0 Å². The van der Waals surface area contributed by atoms with Gasteiger partial charge in [-0.2, -0.15) is 5.26 Å². The summed E-state index contributed by atoms with van der Waals surface area (Å²) in [6.07, 6.45) is 1.66. The van der Waals surface area contributed by atoms with Crippen molar-refractivity contribution in [3.8, 4) is 23.3 Å². The van der Waals surface area contributed by atoms with E-state index in [4.69, 9.17) is 36.0 Å². The summed E-state index contributed by atoms with van der Waals surface area (Å²) in [5.74, 6) is 0.243. The highest BCUT2D eigenvalue weighted by molar-refractivity contribution is 6.31. The number of aryl methyl sites for hydroxylation is 1. The number of hydrogen-bond acceptors (Lipinski definition) is 7. The van der Waals surface area contributed by atoms with Crippen molar-refractivity contribution in [2.75, 3.05) is 6.61 Å². The molecule has 184 valence electrons. The fourth-order valence-electron chi connectivity index (χ4n) is 4.29. The molecule has 0 amide bonds. The van der Waals surface area contributed by atoms with Crippen LogP contribution in [-0.4, -0.2) is 12.6 Å². The highest BCUT2D eigenvalue weighted by Crippen LogP contribution is 2.43. The Morgan fingerprint density at radius 2 is 1.92 bits per heavy atom. The number of furan rings is 1. The molecule has 1 atom stereocenters. The number of nitrogens with zero attached hydrogens (tertiary/aromatic N) is 1. The van der Waals surface area contributed by atoms with E-state index in [1.807, 2.05) is 24.3 Å². The first-order valence-electron chi connectivity index (χ1n) is 11.4. The van der Waals surface area contributed by atoms with Crippen LogP contribution in [0.1, 0.15) is 33.2 Å². The summed E-state index contributed by atoms with van der Waals surface area (Å²) in [6, 6.07) is 19.6. The molecular formula is C29H21ClN2O5. The van der Waals surface area contributed by atoms with Crippen molar-refractivity contribution in [2.24, 2.45) is 5.73 Å². The van der Waals surface area contributed by atoms with Crippen LogP contribution in [-0.2, 0) is 0 Å². The maximum atomic E-state index is 12.9. The normalized spacial score (nSPS) is 14.5. The fraction of sp³-hybridized carbons (Fsp3) is 0.103. The van der Waals surface area contributed by atoms with Gasteiger partial charge < -0.3 is 24.4 Å². The SMILES string of the molecule is C=CCOc1ccc(C2C(C#N)=C(N)Oc3cc(OC(=O)c4oc5ccc(Cl)cc5c4C)ccc32)cc1. The summed E-state index contributed by atoms with van der Waals surface area (Å²) in [4.78, 5) is 12.9.